The molecule has 0 bridgehead atoms. The van der Waals surface area contributed by atoms with Crippen LogP contribution in [0.3, 0.4) is 0 Å². The van der Waals surface area contributed by atoms with Gasteiger partial charge in [0.25, 0.3) is 0 Å². The van der Waals surface area contributed by atoms with Crippen LogP contribution >= 0.6 is 0 Å². The highest BCUT2D eigenvalue weighted by Gasteiger charge is 2.28. The Morgan fingerprint density at radius 1 is 1.25 bits per heavy atom. The van der Waals surface area contributed by atoms with Gasteiger partial charge in [-0.05, 0) is 37.1 Å². The monoisotopic (exact) mass is 333 g/mol. The number of amides is 1. The van der Waals surface area contributed by atoms with Crippen LogP contribution in [0.2, 0.25) is 0 Å². The number of ether oxygens (including phenoxy) is 2. The predicted octanol–water partition coefficient (Wildman–Crippen LogP) is 0.785. The third-order valence-corrected chi connectivity index (χ3v) is 5.20. The lowest BCUT2D eigenvalue weighted by Gasteiger charge is -2.29. The van der Waals surface area contributed by atoms with Gasteiger partial charge in [0, 0.05) is 37.5 Å². The van der Waals surface area contributed by atoms with E-state index in [4.69, 9.17) is 9.47 Å². The van der Waals surface area contributed by atoms with Crippen LogP contribution in [-0.2, 0) is 16.1 Å². The minimum Gasteiger partial charge on any atom is -0.497 e. The fourth-order valence-corrected chi connectivity index (χ4v) is 3.66. The number of carbonyl (C=O) groups is 1. The van der Waals surface area contributed by atoms with Crippen molar-refractivity contribution in [2.24, 2.45) is 5.92 Å². The third kappa shape index (κ3) is 4.71. The molecule has 0 unspecified atom stereocenters. The molecule has 2 aliphatic rings. The molecule has 2 aliphatic heterocycles. The Balaban J connectivity index is 1.38. The number of hydrogen-bond donors (Lipinski definition) is 2. The first-order valence-electron chi connectivity index (χ1n) is 9.10. The van der Waals surface area contributed by atoms with Crippen molar-refractivity contribution in [3.8, 4) is 5.75 Å². The molecule has 132 valence electrons. The van der Waals surface area contributed by atoms with Crippen molar-refractivity contribution in [1.29, 1.82) is 0 Å². The van der Waals surface area contributed by atoms with Crippen LogP contribution < -0.4 is 15.0 Å². The SMILES string of the molecule is COc1ccc(C[NH+]2CCC(C(=O)NC[C@H]3CCCO3)CC2)cc1. The number of rotatable bonds is 6. The second kappa shape index (κ2) is 8.49. The Hall–Kier alpha value is -1.59. The number of carbonyl (C=O) groups excluding carboxylic acids is 1. The zero-order chi connectivity index (χ0) is 16.8. The Morgan fingerprint density at radius 2 is 2.00 bits per heavy atom. The maximum atomic E-state index is 12.3. The van der Waals surface area contributed by atoms with Crippen molar-refractivity contribution in [2.45, 2.75) is 38.3 Å². The van der Waals surface area contributed by atoms with E-state index in [1.165, 1.54) is 5.56 Å². The summed E-state index contributed by atoms with van der Waals surface area (Å²) < 4.78 is 10.8. The van der Waals surface area contributed by atoms with Crippen molar-refractivity contribution < 1.29 is 19.2 Å². The van der Waals surface area contributed by atoms with Crippen LogP contribution in [0.1, 0.15) is 31.2 Å². The fraction of sp³-hybridized carbons (Fsp3) is 0.632. The minimum absolute atomic E-state index is 0.172. The van der Waals surface area contributed by atoms with Crippen molar-refractivity contribution in [2.75, 3.05) is 33.4 Å². The number of piperidine rings is 1. The van der Waals surface area contributed by atoms with Gasteiger partial charge in [0.1, 0.15) is 12.3 Å². The van der Waals surface area contributed by atoms with E-state index in [9.17, 15) is 4.79 Å². The van der Waals surface area contributed by atoms with Crippen LogP contribution in [0.15, 0.2) is 24.3 Å². The average molecular weight is 333 g/mol. The van der Waals surface area contributed by atoms with Gasteiger partial charge in [-0.25, -0.2) is 0 Å². The van der Waals surface area contributed by atoms with Gasteiger partial charge >= 0.3 is 0 Å². The number of likely N-dealkylation sites (tertiary alicyclic amines) is 1. The van der Waals surface area contributed by atoms with E-state index < -0.39 is 0 Å². The predicted molar refractivity (Wildman–Crippen MR) is 92.1 cm³/mol. The smallest absolute Gasteiger partial charge is 0.223 e. The molecule has 0 aromatic heterocycles. The van der Waals surface area contributed by atoms with Gasteiger partial charge < -0.3 is 19.7 Å². The molecular formula is C19H29N2O3+. The first-order valence-corrected chi connectivity index (χ1v) is 9.10. The highest BCUT2D eigenvalue weighted by molar-refractivity contribution is 5.78. The van der Waals surface area contributed by atoms with E-state index in [0.29, 0.717) is 6.54 Å². The zero-order valence-corrected chi connectivity index (χ0v) is 14.6. The molecule has 0 saturated carbocycles. The molecule has 1 amide bonds. The molecule has 2 heterocycles. The average Bonchev–Trinajstić information content (AvgIpc) is 3.14. The van der Waals surface area contributed by atoms with Crippen molar-refractivity contribution in [1.82, 2.24) is 5.32 Å². The molecule has 2 N–H and O–H groups in total. The third-order valence-electron chi connectivity index (χ3n) is 5.20. The Labute approximate surface area is 144 Å². The van der Waals surface area contributed by atoms with Gasteiger partial charge in [-0.15, -0.1) is 0 Å². The van der Waals surface area contributed by atoms with Gasteiger partial charge in [-0.1, -0.05) is 0 Å². The summed E-state index contributed by atoms with van der Waals surface area (Å²) in [5, 5.41) is 3.08. The van der Waals surface area contributed by atoms with Gasteiger partial charge in [0.2, 0.25) is 5.91 Å². The maximum absolute atomic E-state index is 12.3. The molecule has 1 aromatic carbocycles. The molecule has 1 atom stereocenters. The van der Waals surface area contributed by atoms with E-state index in [1.807, 2.05) is 12.1 Å². The molecule has 3 rings (SSSR count). The summed E-state index contributed by atoms with van der Waals surface area (Å²) in [4.78, 5) is 13.9. The molecule has 5 nitrogen and oxygen atoms in total. The summed E-state index contributed by atoms with van der Waals surface area (Å²) in [7, 11) is 1.69. The zero-order valence-electron chi connectivity index (χ0n) is 14.6. The molecule has 5 heteroatoms. The molecular weight excluding hydrogens is 304 g/mol. The van der Waals surface area contributed by atoms with E-state index >= 15 is 0 Å². The summed E-state index contributed by atoms with van der Waals surface area (Å²) in [6.07, 6.45) is 4.37. The van der Waals surface area contributed by atoms with Gasteiger partial charge in [0.15, 0.2) is 0 Å². The highest BCUT2D eigenvalue weighted by Crippen LogP contribution is 2.14. The molecule has 0 radical (unpaired) electrons. The van der Waals surface area contributed by atoms with Gasteiger partial charge in [-0.2, -0.15) is 0 Å². The van der Waals surface area contributed by atoms with Gasteiger partial charge in [0.05, 0.1) is 26.3 Å². The molecule has 24 heavy (non-hydrogen) atoms. The lowest BCUT2D eigenvalue weighted by Crippen LogP contribution is -3.11. The Bertz CT molecular complexity index is 518. The summed E-state index contributed by atoms with van der Waals surface area (Å²) in [5.41, 5.74) is 1.33. The van der Waals surface area contributed by atoms with Crippen LogP contribution in [-0.4, -0.2) is 45.4 Å². The Kier molecular flexibility index (Phi) is 6.10. The normalized spacial score (nSPS) is 27.0. The number of quaternary nitrogens is 1. The van der Waals surface area contributed by atoms with E-state index in [0.717, 1.165) is 57.7 Å². The largest absolute Gasteiger partial charge is 0.497 e. The second-order valence-corrected chi connectivity index (χ2v) is 6.93. The lowest BCUT2D eigenvalue weighted by atomic mass is 9.95. The first-order chi connectivity index (χ1) is 11.7. The summed E-state index contributed by atoms with van der Waals surface area (Å²) in [6.45, 7) is 4.66. The van der Waals surface area contributed by atoms with E-state index in [1.54, 1.807) is 12.0 Å². The topological polar surface area (TPSA) is 52.0 Å². The Morgan fingerprint density at radius 3 is 2.62 bits per heavy atom. The van der Waals surface area contributed by atoms with Crippen molar-refractivity contribution in [3.63, 3.8) is 0 Å². The quantitative estimate of drug-likeness (QED) is 0.809. The van der Waals surface area contributed by atoms with Crippen molar-refractivity contribution >= 4 is 5.91 Å². The van der Waals surface area contributed by atoms with E-state index in [-0.39, 0.29) is 17.9 Å². The van der Waals surface area contributed by atoms with Crippen LogP contribution in [0.4, 0.5) is 0 Å². The van der Waals surface area contributed by atoms with Gasteiger partial charge in [-0.3, -0.25) is 4.79 Å². The maximum Gasteiger partial charge on any atom is 0.223 e. The molecule has 2 fully saturated rings. The summed E-state index contributed by atoms with van der Waals surface area (Å²) >= 11 is 0. The fourth-order valence-electron chi connectivity index (χ4n) is 3.66. The second-order valence-electron chi connectivity index (χ2n) is 6.93. The van der Waals surface area contributed by atoms with Crippen LogP contribution in [0.25, 0.3) is 0 Å². The standard InChI is InChI=1S/C19H28N2O3/c1-23-17-6-4-15(5-7-17)14-21-10-8-16(9-11-21)19(22)20-13-18-3-2-12-24-18/h4-7,16,18H,2-3,8-14H2,1H3,(H,20,22)/p+1/t18-/m1/s1. The molecule has 0 aliphatic carbocycles. The minimum atomic E-state index is 0.172. The number of hydrogen-bond acceptors (Lipinski definition) is 3. The number of methoxy groups -OCH3 is 1. The lowest BCUT2D eigenvalue weighted by molar-refractivity contribution is -0.919. The highest BCUT2D eigenvalue weighted by atomic mass is 16.5. The number of benzene rings is 1. The molecule has 1 aromatic rings. The number of nitrogens with one attached hydrogen (secondary N) is 2. The van der Waals surface area contributed by atoms with E-state index in [2.05, 4.69) is 17.4 Å². The van der Waals surface area contributed by atoms with Crippen molar-refractivity contribution in [3.05, 3.63) is 29.8 Å². The summed E-state index contributed by atoms with van der Waals surface area (Å²) in [5.74, 6) is 1.29. The van der Waals surface area contributed by atoms with Crippen LogP contribution in [0, 0.1) is 5.92 Å². The van der Waals surface area contributed by atoms with Crippen LogP contribution in [0.5, 0.6) is 5.75 Å². The molecule has 0 spiro atoms. The summed E-state index contributed by atoms with van der Waals surface area (Å²) in [6, 6.07) is 8.29. The first kappa shape index (κ1) is 17.2. The molecule has 2 saturated heterocycles.